The summed E-state index contributed by atoms with van der Waals surface area (Å²) in [7, 11) is 0. The third-order valence-corrected chi connectivity index (χ3v) is 3.41. The maximum absolute atomic E-state index is 12.4. The summed E-state index contributed by atoms with van der Waals surface area (Å²) in [4.78, 5) is 25.1. The van der Waals surface area contributed by atoms with E-state index in [1.54, 1.807) is 0 Å². The topological polar surface area (TPSA) is 93.9 Å². The van der Waals surface area contributed by atoms with Crippen molar-refractivity contribution in [2.24, 2.45) is 5.73 Å². The van der Waals surface area contributed by atoms with E-state index < -0.39 is 12.0 Å². The molecule has 0 aromatic rings. The molecule has 0 radical (unpaired) electrons. The summed E-state index contributed by atoms with van der Waals surface area (Å²) < 4.78 is 10.6. The molecule has 2 atom stereocenters. The number of primary amides is 1. The molecule has 2 heterocycles. The highest BCUT2D eigenvalue weighted by atomic mass is 16.6. The lowest BCUT2D eigenvalue weighted by molar-refractivity contribution is -0.161. The lowest BCUT2D eigenvalue weighted by atomic mass is 10.0. The fourth-order valence-electron chi connectivity index (χ4n) is 2.47. The van der Waals surface area contributed by atoms with E-state index in [4.69, 9.17) is 15.2 Å². The molecule has 19 heavy (non-hydrogen) atoms. The van der Waals surface area contributed by atoms with Crippen molar-refractivity contribution >= 4 is 11.8 Å². The zero-order chi connectivity index (χ0) is 13.7. The van der Waals surface area contributed by atoms with Crippen LogP contribution in [0.2, 0.25) is 0 Å². The first kappa shape index (κ1) is 14.2. The first-order valence-electron chi connectivity index (χ1n) is 6.67. The van der Waals surface area contributed by atoms with E-state index >= 15 is 0 Å². The molecule has 0 aromatic heterocycles. The number of nitrogens with one attached hydrogen (secondary N) is 1. The maximum atomic E-state index is 12.4. The van der Waals surface area contributed by atoms with E-state index in [0.717, 1.165) is 19.4 Å². The summed E-state index contributed by atoms with van der Waals surface area (Å²) in [6, 6.07) is -0.000670. The highest BCUT2D eigenvalue weighted by molar-refractivity contribution is 5.86. The van der Waals surface area contributed by atoms with Crippen molar-refractivity contribution in [3.8, 4) is 0 Å². The summed E-state index contributed by atoms with van der Waals surface area (Å²) >= 11 is 0. The van der Waals surface area contributed by atoms with Gasteiger partial charge in [-0.1, -0.05) is 0 Å². The Bertz CT molecular complexity index is 325. The third kappa shape index (κ3) is 3.89. The van der Waals surface area contributed by atoms with Gasteiger partial charge in [0.15, 0.2) is 6.10 Å². The zero-order valence-corrected chi connectivity index (χ0v) is 11.0. The SMILES string of the molecule is NC(=O)CN(C(=O)C1COCCO1)C1CCCNC1. The van der Waals surface area contributed by atoms with Gasteiger partial charge in [-0.2, -0.15) is 0 Å². The fourth-order valence-corrected chi connectivity index (χ4v) is 2.47. The van der Waals surface area contributed by atoms with Gasteiger partial charge < -0.3 is 25.4 Å². The Kier molecular flexibility index (Phi) is 5.12. The fraction of sp³-hybridized carbons (Fsp3) is 0.833. The van der Waals surface area contributed by atoms with Gasteiger partial charge in [0.25, 0.3) is 5.91 Å². The predicted molar refractivity (Wildman–Crippen MR) is 67.4 cm³/mol. The molecule has 2 rings (SSSR count). The number of hydrogen-bond donors (Lipinski definition) is 2. The molecule has 2 fully saturated rings. The lowest BCUT2D eigenvalue weighted by Crippen LogP contribution is -2.55. The minimum absolute atomic E-state index is 0.000670. The molecule has 0 spiro atoms. The number of hydrogen-bond acceptors (Lipinski definition) is 5. The van der Waals surface area contributed by atoms with Crippen molar-refractivity contribution in [1.29, 1.82) is 0 Å². The van der Waals surface area contributed by atoms with Gasteiger partial charge in [0.1, 0.15) is 0 Å². The second kappa shape index (κ2) is 6.83. The Hall–Kier alpha value is -1.18. The molecule has 108 valence electrons. The molecular weight excluding hydrogens is 250 g/mol. The van der Waals surface area contributed by atoms with E-state index in [0.29, 0.717) is 19.8 Å². The largest absolute Gasteiger partial charge is 0.376 e. The molecule has 0 aromatic carbocycles. The van der Waals surface area contributed by atoms with Crippen LogP contribution in [0.3, 0.4) is 0 Å². The van der Waals surface area contributed by atoms with Gasteiger partial charge in [0, 0.05) is 12.6 Å². The van der Waals surface area contributed by atoms with Crippen LogP contribution in [0.4, 0.5) is 0 Å². The van der Waals surface area contributed by atoms with Crippen molar-refractivity contribution in [3.63, 3.8) is 0 Å². The average Bonchev–Trinajstić information content (AvgIpc) is 2.46. The second-order valence-electron chi connectivity index (χ2n) is 4.87. The van der Waals surface area contributed by atoms with Gasteiger partial charge in [-0.25, -0.2) is 0 Å². The molecule has 0 aliphatic carbocycles. The van der Waals surface area contributed by atoms with Crippen LogP contribution in [0.1, 0.15) is 12.8 Å². The van der Waals surface area contributed by atoms with E-state index in [1.165, 1.54) is 4.90 Å². The Labute approximate surface area is 112 Å². The van der Waals surface area contributed by atoms with E-state index in [2.05, 4.69) is 5.32 Å². The summed E-state index contributed by atoms with van der Waals surface area (Å²) in [5.74, 6) is -0.706. The van der Waals surface area contributed by atoms with Crippen LogP contribution in [0.5, 0.6) is 0 Å². The number of rotatable bonds is 4. The smallest absolute Gasteiger partial charge is 0.254 e. The molecule has 2 unspecified atom stereocenters. The van der Waals surface area contributed by atoms with Gasteiger partial charge in [-0.15, -0.1) is 0 Å². The van der Waals surface area contributed by atoms with E-state index in [1.807, 2.05) is 0 Å². The first-order chi connectivity index (χ1) is 9.18. The number of piperidine rings is 1. The standard InChI is InChI=1S/C12H21N3O4/c13-11(16)7-15(9-2-1-3-14-6-9)12(17)10-8-18-4-5-19-10/h9-10,14H,1-8H2,(H2,13,16). The molecule has 2 saturated heterocycles. The van der Waals surface area contributed by atoms with Crippen LogP contribution in [0.25, 0.3) is 0 Å². The first-order valence-corrected chi connectivity index (χ1v) is 6.67. The molecular formula is C12H21N3O4. The van der Waals surface area contributed by atoms with E-state index in [9.17, 15) is 9.59 Å². The molecule has 7 nitrogen and oxygen atoms in total. The highest BCUT2D eigenvalue weighted by Crippen LogP contribution is 2.14. The van der Waals surface area contributed by atoms with Gasteiger partial charge in [0.05, 0.1) is 26.4 Å². The van der Waals surface area contributed by atoms with Gasteiger partial charge >= 0.3 is 0 Å². The number of nitrogens with two attached hydrogens (primary N) is 1. The Morgan fingerprint density at radius 3 is 2.79 bits per heavy atom. The summed E-state index contributed by atoms with van der Waals surface area (Å²) in [6.45, 7) is 2.72. The van der Waals surface area contributed by atoms with Gasteiger partial charge in [-0.3, -0.25) is 9.59 Å². The Balaban J connectivity index is 2.02. The molecule has 2 amide bonds. The average molecular weight is 271 g/mol. The van der Waals surface area contributed by atoms with Crippen LogP contribution < -0.4 is 11.1 Å². The summed E-state index contributed by atoms with van der Waals surface area (Å²) in [5, 5.41) is 3.23. The Morgan fingerprint density at radius 1 is 1.37 bits per heavy atom. The summed E-state index contributed by atoms with van der Waals surface area (Å²) in [5.41, 5.74) is 5.24. The number of ether oxygens (including phenoxy) is 2. The molecule has 0 saturated carbocycles. The van der Waals surface area contributed by atoms with E-state index in [-0.39, 0.29) is 25.1 Å². The number of nitrogens with zero attached hydrogens (tertiary/aromatic N) is 1. The monoisotopic (exact) mass is 271 g/mol. The summed E-state index contributed by atoms with van der Waals surface area (Å²) in [6.07, 6.45) is 1.24. The molecule has 3 N–H and O–H groups in total. The third-order valence-electron chi connectivity index (χ3n) is 3.41. The van der Waals surface area contributed by atoms with Crippen molar-refractivity contribution in [2.75, 3.05) is 39.5 Å². The zero-order valence-electron chi connectivity index (χ0n) is 11.0. The van der Waals surface area contributed by atoms with Crippen LogP contribution in [-0.2, 0) is 19.1 Å². The van der Waals surface area contributed by atoms with Crippen LogP contribution in [0, 0.1) is 0 Å². The lowest BCUT2D eigenvalue weighted by Gasteiger charge is -2.36. The predicted octanol–water partition coefficient (Wildman–Crippen LogP) is -1.53. The van der Waals surface area contributed by atoms with Crippen molar-refractivity contribution < 1.29 is 19.1 Å². The van der Waals surface area contributed by atoms with Crippen LogP contribution >= 0.6 is 0 Å². The van der Waals surface area contributed by atoms with Gasteiger partial charge in [0.2, 0.25) is 5.91 Å². The molecule has 2 aliphatic heterocycles. The Morgan fingerprint density at radius 2 is 2.21 bits per heavy atom. The number of carbonyl (C=O) groups is 2. The second-order valence-corrected chi connectivity index (χ2v) is 4.87. The van der Waals surface area contributed by atoms with Crippen LogP contribution in [-0.4, -0.2) is 68.3 Å². The maximum Gasteiger partial charge on any atom is 0.254 e. The molecule has 0 bridgehead atoms. The quantitative estimate of drug-likeness (QED) is 0.647. The van der Waals surface area contributed by atoms with Crippen LogP contribution in [0.15, 0.2) is 0 Å². The molecule has 2 aliphatic rings. The van der Waals surface area contributed by atoms with Crippen molar-refractivity contribution in [2.45, 2.75) is 25.0 Å². The number of amides is 2. The number of carbonyl (C=O) groups excluding carboxylic acids is 2. The van der Waals surface area contributed by atoms with Crippen molar-refractivity contribution in [3.05, 3.63) is 0 Å². The van der Waals surface area contributed by atoms with Crippen molar-refractivity contribution in [1.82, 2.24) is 10.2 Å². The molecule has 7 heteroatoms. The minimum atomic E-state index is -0.616. The normalized spacial score (nSPS) is 27.8. The highest BCUT2D eigenvalue weighted by Gasteiger charge is 2.33. The van der Waals surface area contributed by atoms with Gasteiger partial charge in [-0.05, 0) is 19.4 Å². The minimum Gasteiger partial charge on any atom is -0.376 e.